The molecule has 0 aliphatic carbocycles. The third-order valence-electron chi connectivity index (χ3n) is 5.65. The number of nitro benzene ring substituents is 1. The molecule has 0 aliphatic rings. The molecular weight excluding hydrogens is 495 g/mol. The van der Waals surface area contributed by atoms with Crippen LogP contribution in [0.4, 0.5) is 17.2 Å². The van der Waals surface area contributed by atoms with Crippen molar-refractivity contribution >= 4 is 51.3 Å². The van der Waals surface area contributed by atoms with Crippen LogP contribution in [0.25, 0.3) is 22.0 Å². The van der Waals surface area contributed by atoms with E-state index in [-0.39, 0.29) is 32.4 Å². The van der Waals surface area contributed by atoms with Gasteiger partial charge in [0.1, 0.15) is 23.0 Å². The van der Waals surface area contributed by atoms with E-state index >= 15 is 0 Å². The van der Waals surface area contributed by atoms with Crippen molar-refractivity contribution in [1.29, 1.82) is 0 Å². The van der Waals surface area contributed by atoms with Gasteiger partial charge in [0.25, 0.3) is 11.2 Å². The van der Waals surface area contributed by atoms with Crippen molar-refractivity contribution in [2.24, 2.45) is 7.05 Å². The first-order chi connectivity index (χ1) is 16.7. The van der Waals surface area contributed by atoms with Crippen molar-refractivity contribution in [3.63, 3.8) is 0 Å². The molecule has 0 amide bonds. The SMILES string of the molecule is COc1cc(OC)c(Cl)c(-c2cc3cnc(Nc4c(C)cccc4[N+](=O)[O-])cc3n(C)c2=O)c1Cl. The van der Waals surface area contributed by atoms with Gasteiger partial charge in [-0.25, -0.2) is 4.98 Å². The van der Waals surface area contributed by atoms with Crippen LogP contribution < -0.4 is 20.3 Å². The lowest BCUT2D eigenvalue weighted by Crippen LogP contribution is -2.19. The first kappa shape index (κ1) is 24.3. The second kappa shape index (κ2) is 9.44. The monoisotopic (exact) mass is 514 g/mol. The topological polar surface area (TPSA) is 109 Å². The van der Waals surface area contributed by atoms with Crippen molar-refractivity contribution in [2.45, 2.75) is 6.92 Å². The number of para-hydroxylation sites is 1. The summed E-state index contributed by atoms with van der Waals surface area (Å²) in [6, 6.07) is 9.61. The molecule has 1 N–H and O–H groups in total. The molecule has 2 aromatic heterocycles. The number of hydrogen-bond donors (Lipinski definition) is 1. The molecule has 0 bridgehead atoms. The van der Waals surface area contributed by atoms with Crippen LogP contribution in [0.1, 0.15) is 5.56 Å². The number of benzene rings is 2. The van der Waals surface area contributed by atoms with Crippen molar-refractivity contribution in [2.75, 3.05) is 19.5 Å². The molecular formula is C24H20Cl2N4O5. The van der Waals surface area contributed by atoms with Gasteiger partial charge in [-0.15, -0.1) is 0 Å². The Morgan fingerprint density at radius 3 is 2.34 bits per heavy atom. The number of hydrogen-bond acceptors (Lipinski definition) is 7. The molecule has 9 nitrogen and oxygen atoms in total. The number of fused-ring (bicyclic) bond motifs is 1. The minimum absolute atomic E-state index is 0.0765. The number of rotatable bonds is 6. The maximum Gasteiger partial charge on any atom is 0.292 e. The minimum atomic E-state index is -0.464. The molecule has 2 aromatic carbocycles. The van der Waals surface area contributed by atoms with Crippen molar-refractivity contribution in [3.05, 3.63) is 78.7 Å². The van der Waals surface area contributed by atoms with Gasteiger partial charge in [0.05, 0.1) is 40.3 Å². The zero-order valence-corrected chi connectivity index (χ0v) is 20.7. The number of nitrogens with zero attached hydrogens (tertiary/aromatic N) is 3. The smallest absolute Gasteiger partial charge is 0.292 e. The predicted octanol–water partition coefficient (Wildman–Crippen LogP) is 5.88. The number of nitro groups is 1. The van der Waals surface area contributed by atoms with E-state index < -0.39 is 4.92 Å². The summed E-state index contributed by atoms with van der Waals surface area (Å²) in [5.41, 5.74) is 1.64. The van der Waals surface area contributed by atoms with Gasteiger partial charge in [0, 0.05) is 42.4 Å². The minimum Gasteiger partial charge on any atom is -0.495 e. The molecule has 0 unspecified atom stereocenters. The van der Waals surface area contributed by atoms with Crippen LogP contribution in [0.2, 0.25) is 10.0 Å². The first-order valence-corrected chi connectivity index (χ1v) is 11.0. The van der Waals surface area contributed by atoms with E-state index in [1.165, 1.54) is 24.9 Å². The summed E-state index contributed by atoms with van der Waals surface area (Å²) in [7, 11) is 4.51. The van der Waals surface area contributed by atoms with Gasteiger partial charge < -0.3 is 19.4 Å². The summed E-state index contributed by atoms with van der Waals surface area (Å²) in [6.45, 7) is 1.76. The average molecular weight is 515 g/mol. The normalized spacial score (nSPS) is 10.9. The van der Waals surface area contributed by atoms with Crippen LogP contribution in [0, 0.1) is 17.0 Å². The highest BCUT2D eigenvalue weighted by molar-refractivity contribution is 6.41. The Morgan fingerprint density at radius 1 is 1.09 bits per heavy atom. The second-order valence-electron chi connectivity index (χ2n) is 7.69. The number of nitrogens with one attached hydrogen (secondary N) is 1. The Labute approximate surface area is 210 Å². The van der Waals surface area contributed by atoms with E-state index in [9.17, 15) is 14.9 Å². The molecule has 0 aliphatic heterocycles. The average Bonchev–Trinajstić information content (AvgIpc) is 2.83. The fraction of sp³-hybridized carbons (Fsp3) is 0.167. The van der Waals surface area contributed by atoms with Crippen LogP contribution in [0.5, 0.6) is 11.5 Å². The summed E-state index contributed by atoms with van der Waals surface area (Å²) >= 11 is 13.1. The highest BCUT2D eigenvalue weighted by atomic mass is 35.5. The predicted molar refractivity (Wildman–Crippen MR) is 137 cm³/mol. The highest BCUT2D eigenvalue weighted by Crippen LogP contribution is 2.45. The zero-order chi connectivity index (χ0) is 25.4. The molecule has 0 saturated carbocycles. The summed E-state index contributed by atoms with van der Waals surface area (Å²) in [6.07, 6.45) is 1.56. The maximum absolute atomic E-state index is 13.4. The quantitative estimate of drug-likeness (QED) is 0.252. The Balaban J connectivity index is 1.88. The number of aromatic nitrogens is 2. The standard InChI is InChI=1S/C24H20Cl2N4O5/c1-12-6-5-7-15(30(32)33)23(12)28-19-9-16-13(11-27-19)8-14(24(31)29(16)2)20-21(25)17(34-3)10-18(35-4)22(20)26/h5-11H,1-4H3,(H,27,28). The van der Waals surface area contributed by atoms with Gasteiger partial charge in [-0.3, -0.25) is 14.9 Å². The summed E-state index contributed by atoms with van der Waals surface area (Å²) < 4.78 is 12.1. The lowest BCUT2D eigenvalue weighted by atomic mass is 10.0. The van der Waals surface area contributed by atoms with Gasteiger partial charge in [0.15, 0.2) is 0 Å². The van der Waals surface area contributed by atoms with Gasteiger partial charge in [-0.1, -0.05) is 35.3 Å². The summed E-state index contributed by atoms with van der Waals surface area (Å²) in [5.74, 6) is 0.960. The second-order valence-corrected chi connectivity index (χ2v) is 8.44. The fourth-order valence-electron chi connectivity index (χ4n) is 3.83. The Kier molecular flexibility index (Phi) is 6.56. The molecule has 0 atom stereocenters. The van der Waals surface area contributed by atoms with Crippen LogP contribution in [0.15, 0.2) is 47.4 Å². The lowest BCUT2D eigenvalue weighted by molar-refractivity contribution is -0.384. The molecule has 0 radical (unpaired) electrons. The van der Waals surface area contributed by atoms with E-state index in [0.717, 1.165) is 0 Å². The van der Waals surface area contributed by atoms with E-state index in [0.29, 0.717) is 39.5 Å². The van der Waals surface area contributed by atoms with Gasteiger partial charge in [-0.2, -0.15) is 0 Å². The highest BCUT2D eigenvalue weighted by Gasteiger charge is 2.22. The summed E-state index contributed by atoms with van der Waals surface area (Å²) in [4.78, 5) is 28.8. The largest absolute Gasteiger partial charge is 0.495 e. The Hall–Kier alpha value is -3.82. The number of pyridine rings is 2. The van der Waals surface area contributed by atoms with Gasteiger partial charge >= 0.3 is 0 Å². The van der Waals surface area contributed by atoms with Crippen molar-refractivity contribution in [1.82, 2.24) is 9.55 Å². The third kappa shape index (κ3) is 4.24. The van der Waals surface area contributed by atoms with Gasteiger partial charge in [0.2, 0.25) is 0 Å². The molecule has 0 fully saturated rings. The third-order valence-corrected chi connectivity index (χ3v) is 6.40. The van der Waals surface area contributed by atoms with Crippen LogP contribution in [0.3, 0.4) is 0 Å². The van der Waals surface area contributed by atoms with Crippen molar-refractivity contribution in [3.8, 4) is 22.6 Å². The molecule has 11 heteroatoms. The molecule has 4 aromatic rings. The number of halogens is 2. The van der Waals surface area contributed by atoms with E-state index in [4.69, 9.17) is 32.7 Å². The fourth-order valence-corrected chi connectivity index (χ4v) is 4.53. The maximum atomic E-state index is 13.4. The molecule has 0 spiro atoms. The number of aryl methyl sites for hydroxylation is 2. The Bertz CT molecular complexity index is 1520. The lowest BCUT2D eigenvalue weighted by Gasteiger charge is -2.16. The number of ether oxygens (including phenoxy) is 2. The van der Waals surface area contributed by atoms with E-state index in [1.807, 2.05) is 0 Å². The van der Waals surface area contributed by atoms with Crippen LogP contribution >= 0.6 is 23.2 Å². The van der Waals surface area contributed by atoms with E-state index in [2.05, 4.69) is 10.3 Å². The molecule has 180 valence electrons. The molecule has 35 heavy (non-hydrogen) atoms. The summed E-state index contributed by atoms with van der Waals surface area (Å²) in [5, 5.41) is 15.4. The van der Waals surface area contributed by atoms with Gasteiger partial charge in [-0.05, 0) is 18.6 Å². The van der Waals surface area contributed by atoms with Crippen LogP contribution in [-0.2, 0) is 7.05 Å². The molecule has 4 rings (SSSR count). The van der Waals surface area contributed by atoms with E-state index in [1.54, 1.807) is 50.5 Å². The van der Waals surface area contributed by atoms with Crippen LogP contribution in [-0.4, -0.2) is 28.7 Å². The molecule has 0 saturated heterocycles. The van der Waals surface area contributed by atoms with Crippen molar-refractivity contribution < 1.29 is 14.4 Å². The zero-order valence-electron chi connectivity index (χ0n) is 19.2. The number of anilines is 2. The molecule has 2 heterocycles. The Morgan fingerprint density at radius 2 is 1.74 bits per heavy atom. The number of methoxy groups -OCH3 is 2. The first-order valence-electron chi connectivity index (χ1n) is 10.3.